The maximum Gasteiger partial charge on any atom is 0.306 e. The highest BCUT2D eigenvalue weighted by atomic mass is 16.6. The lowest BCUT2D eigenvalue weighted by atomic mass is 10.1. The van der Waals surface area contributed by atoms with Crippen molar-refractivity contribution >= 4 is 11.9 Å². The van der Waals surface area contributed by atoms with Crippen molar-refractivity contribution in [1.29, 1.82) is 0 Å². The van der Waals surface area contributed by atoms with Crippen molar-refractivity contribution in [2.24, 2.45) is 0 Å². The van der Waals surface area contributed by atoms with Crippen molar-refractivity contribution in [3.05, 3.63) is 48.6 Å². The normalized spacial score (nSPS) is 12.8. The number of unbranched alkanes of at least 4 members (excludes halogenated alkanes) is 11. The third kappa shape index (κ3) is 26.9. The standard InChI is InChI=1S/C33H56O5/c1-3-5-7-9-11-13-15-16-18-19-21-23-25-27-32(35)37-30-31(29-34)38-33(36)28-26-24-22-20-17-14-12-10-8-6-4-2/h10,12,14,16-18,21,23,31,34H,3-9,11,13,15,19-20,22,24-30H2,1-2H3/b12-10+,17-14+,18-16+,23-21+. The van der Waals surface area contributed by atoms with Gasteiger partial charge in [-0.15, -0.1) is 0 Å². The van der Waals surface area contributed by atoms with E-state index in [4.69, 9.17) is 9.47 Å². The van der Waals surface area contributed by atoms with Gasteiger partial charge in [-0.1, -0.05) is 114 Å². The molecule has 0 aromatic rings. The lowest BCUT2D eigenvalue weighted by molar-refractivity contribution is -0.161. The van der Waals surface area contributed by atoms with Gasteiger partial charge >= 0.3 is 11.9 Å². The van der Waals surface area contributed by atoms with Crippen LogP contribution in [0.2, 0.25) is 0 Å². The number of carbonyl (C=O) groups excluding carboxylic acids is 2. The molecule has 5 heteroatoms. The van der Waals surface area contributed by atoms with Crippen molar-refractivity contribution in [2.75, 3.05) is 13.2 Å². The Morgan fingerprint density at radius 2 is 1.21 bits per heavy atom. The molecule has 0 heterocycles. The van der Waals surface area contributed by atoms with Gasteiger partial charge in [-0.25, -0.2) is 0 Å². The van der Waals surface area contributed by atoms with Crippen LogP contribution in [0.5, 0.6) is 0 Å². The van der Waals surface area contributed by atoms with Crippen LogP contribution in [0.4, 0.5) is 0 Å². The van der Waals surface area contributed by atoms with Crippen LogP contribution in [0.25, 0.3) is 0 Å². The maximum atomic E-state index is 12.0. The second kappa shape index (κ2) is 29.4. The molecule has 0 amide bonds. The van der Waals surface area contributed by atoms with Crippen LogP contribution < -0.4 is 0 Å². The Morgan fingerprint density at radius 3 is 1.89 bits per heavy atom. The number of hydrogen-bond acceptors (Lipinski definition) is 5. The van der Waals surface area contributed by atoms with Crippen LogP contribution in [-0.4, -0.2) is 36.4 Å². The van der Waals surface area contributed by atoms with Crippen molar-refractivity contribution in [3.63, 3.8) is 0 Å². The molecule has 0 aliphatic heterocycles. The molecule has 0 aliphatic rings. The van der Waals surface area contributed by atoms with E-state index in [0.29, 0.717) is 12.8 Å². The second-order valence-electron chi connectivity index (χ2n) is 9.85. The SMILES string of the molecule is CCCC/C=C/C=C/CCCCCC(=O)OC(CO)COC(=O)CC/C=C/C/C=C/CCCCCCCC. The minimum atomic E-state index is -0.804. The summed E-state index contributed by atoms with van der Waals surface area (Å²) in [5.74, 6) is -0.710. The van der Waals surface area contributed by atoms with E-state index in [-0.39, 0.29) is 31.6 Å². The molecular weight excluding hydrogens is 476 g/mol. The van der Waals surface area contributed by atoms with Gasteiger partial charge in [0.05, 0.1) is 6.61 Å². The molecule has 0 aromatic heterocycles. The first-order valence-electron chi connectivity index (χ1n) is 15.2. The molecule has 1 N–H and O–H groups in total. The van der Waals surface area contributed by atoms with Gasteiger partial charge in [0.2, 0.25) is 0 Å². The van der Waals surface area contributed by atoms with Gasteiger partial charge in [-0.2, -0.15) is 0 Å². The summed E-state index contributed by atoms with van der Waals surface area (Å²) >= 11 is 0. The molecule has 218 valence electrons. The van der Waals surface area contributed by atoms with Crippen LogP contribution in [0.3, 0.4) is 0 Å². The fourth-order valence-electron chi connectivity index (χ4n) is 3.76. The lowest BCUT2D eigenvalue weighted by Crippen LogP contribution is -2.28. The summed E-state index contributed by atoms with van der Waals surface area (Å²) in [5.41, 5.74) is 0. The third-order valence-electron chi connectivity index (χ3n) is 6.14. The molecule has 0 saturated heterocycles. The Morgan fingerprint density at radius 1 is 0.632 bits per heavy atom. The number of aliphatic hydroxyl groups is 1. The third-order valence-corrected chi connectivity index (χ3v) is 6.14. The Labute approximate surface area is 233 Å². The minimum Gasteiger partial charge on any atom is -0.462 e. The van der Waals surface area contributed by atoms with Gasteiger partial charge in [0, 0.05) is 12.8 Å². The topological polar surface area (TPSA) is 72.8 Å². The van der Waals surface area contributed by atoms with Gasteiger partial charge in [0.15, 0.2) is 6.10 Å². The number of esters is 2. The van der Waals surface area contributed by atoms with E-state index >= 15 is 0 Å². The molecule has 0 bridgehead atoms. The first kappa shape index (κ1) is 35.9. The predicted molar refractivity (Wildman–Crippen MR) is 159 cm³/mol. The number of allylic oxidation sites excluding steroid dienone is 8. The van der Waals surface area contributed by atoms with Crippen LogP contribution in [0.1, 0.15) is 129 Å². The molecule has 0 saturated carbocycles. The molecular formula is C33H56O5. The summed E-state index contributed by atoms with van der Waals surface area (Å²) in [6, 6.07) is 0. The molecule has 38 heavy (non-hydrogen) atoms. The fourth-order valence-corrected chi connectivity index (χ4v) is 3.76. The molecule has 0 rings (SSSR count). The number of hydrogen-bond donors (Lipinski definition) is 1. The first-order chi connectivity index (χ1) is 18.6. The van der Waals surface area contributed by atoms with E-state index in [1.165, 1.54) is 51.4 Å². The predicted octanol–water partition coefficient (Wildman–Crippen LogP) is 8.72. The summed E-state index contributed by atoms with van der Waals surface area (Å²) in [6.07, 6.45) is 34.6. The van der Waals surface area contributed by atoms with Gasteiger partial charge in [-0.3, -0.25) is 9.59 Å². The highest BCUT2D eigenvalue weighted by Gasteiger charge is 2.15. The molecule has 5 nitrogen and oxygen atoms in total. The number of carbonyl (C=O) groups is 2. The maximum absolute atomic E-state index is 12.0. The average Bonchev–Trinajstić information content (AvgIpc) is 2.92. The van der Waals surface area contributed by atoms with Gasteiger partial charge in [-0.05, 0) is 51.4 Å². The smallest absolute Gasteiger partial charge is 0.306 e. The fraction of sp³-hybridized carbons (Fsp3) is 0.697. The van der Waals surface area contributed by atoms with Gasteiger partial charge < -0.3 is 14.6 Å². The number of rotatable bonds is 26. The van der Waals surface area contributed by atoms with E-state index in [1.54, 1.807) is 0 Å². The number of aliphatic hydroxyl groups excluding tert-OH is 1. The van der Waals surface area contributed by atoms with Crippen molar-refractivity contribution in [2.45, 2.75) is 136 Å². The molecule has 0 aromatic carbocycles. The molecule has 1 unspecified atom stereocenters. The summed E-state index contributed by atoms with van der Waals surface area (Å²) in [6.45, 7) is 3.96. The zero-order valence-electron chi connectivity index (χ0n) is 24.4. The van der Waals surface area contributed by atoms with Crippen molar-refractivity contribution < 1.29 is 24.2 Å². The average molecular weight is 533 g/mol. The van der Waals surface area contributed by atoms with E-state index in [9.17, 15) is 14.7 Å². The lowest BCUT2D eigenvalue weighted by Gasteiger charge is -2.15. The Kier molecular flexibility index (Phi) is 27.8. The van der Waals surface area contributed by atoms with Crippen LogP contribution in [-0.2, 0) is 19.1 Å². The van der Waals surface area contributed by atoms with Crippen LogP contribution in [0.15, 0.2) is 48.6 Å². The largest absolute Gasteiger partial charge is 0.462 e. The van der Waals surface area contributed by atoms with Gasteiger partial charge in [0.1, 0.15) is 6.61 Å². The quantitative estimate of drug-likeness (QED) is 0.0522. The van der Waals surface area contributed by atoms with Gasteiger partial charge in [0.25, 0.3) is 0 Å². The minimum absolute atomic E-state index is 0.109. The summed E-state index contributed by atoms with van der Waals surface area (Å²) in [4.78, 5) is 23.9. The highest BCUT2D eigenvalue weighted by Crippen LogP contribution is 2.08. The summed E-state index contributed by atoms with van der Waals surface area (Å²) in [7, 11) is 0. The Bertz CT molecular complexity index is 662. The van der Waals surface area contributed by atoms with E-state index < -0.39 is 6.10 Å². The molecule has 0 spiro atoms. The second-order valence-corrected chi connectivity index (χ2v) is 9.85. The Balaban J connectivity index is 3.76. The molecule has 0 aliphatic carbocycles. The van der Waals surface area contributed by atoms with Crippen LogP contribution in [0, 0.1) is 0 Å². The van der Waals surface area contributed by atoms with Crippen molar-refractivity contribution in [1.82, 2.24) is 0 Å². The summed E-state index contributed by atoms with van der Waals surface area (Å²) < 4.78 is 10.4. The van der Waals surface area contributed by atoms with E-state index in [0.717, 1.165) is 44.9 Å². The molecule has 0 fully saturated rings. The summed E-state index contributed by atoms with van der Waals surface area (Å²) in [5, 5.41) is 9.45. The molecule has 0 radical (unpaired) electrons. The van der Waals surface area contributed by atoms with Crippen LogP contribution >= 0.6 is 0 Å². The zero-order valence-corrected chi connectivity index (χ0v) is 24.4. The monoisotopic (exact) mass is 532 g/mol. The zero-order chi connectivity index (χ0) is 27.9. The van der Waals surface area contributed by atoms with Crippen molar-refractivity contribution in [3.8, 4) is 0 Å². The van der Waals surface area contributed by atoms with E-state index in [1.807, 2.05) is 6.08 Å². The Hall–Kier alpha value is -2.14. The first-order valence-corrected chi connectivity index (χ1v) is 15.2. The highest BCUT2D eigenvalue weighted by molar-refractivity contribution is 5.70. The number of ether oxygens (including phenoxy) is 2. The molecule has 1 atom stereocenters. The van der Waals surface area contributed by atoms with E-state index in [2.05, 4.69) is 56.4 Å².